The zero-order chi connectivity index (χ0) is 10.4. The van der Waals surface area contributed by atoms with E-state index >= 15 is 0 Å². The second kappa shape index (κ2) is 5.50. The Bertz CT molecular complexity index is 332. The van der Waals surface area contributed by atoms with Gasteiger partial charge in [0.25, 0.3) is 0 Å². The number of ketones is 1. The summed E-state index contributed by atoms with van der Waals surface area (Å²) in [6.07, 6.45) is 3.53. The molecule has 1 aromatic rings. The molecule has 2 nitrogen and oxygen atoms in total. The van der Waals surface area contributed by atoms with Gasteiger partial charge in [0.15, 0.2) is 5.78 Å². The van der Waals surface area contributed by atoms with Crippen LogP contribution >= 0.6 is 11.8 Å². The molecule has 0 bridgehead atoms. The number of anilines is 1. The van der Waals surface area contributed by atoms with Crippen LogP contribution in [0.25, 0.3) is 0 Å². The first-order valence-electron chi connectivity index (χ1n) is 4.30. The molecule has 1 rings (SSSR count). The van der Waals surface area contributed by atoms with E-state index in [1.165, 1.54) is 11.8 Å². The van der Waals surface area contributed by atoms with Crippen molar-refractivity contribution in [1.82, 2.24) is 0 Å². The van der Waals surface area contributed by atoms with Gasteiger partial charge < -0.3 is 5.32 Å². The maximum absolute atomic E-state index is 10.9. The molecule has 0 aliphatic carbocycles. The Morgan fingerprint density at radius 1 is 1.36 bits per heavy atom. The van der Waals surface area contributed by atoms with Crippen LogP contribution in [0.5, 0.6) is 0 Å². The molecule has 0 atom stereocenters. The van der Waals surface area contributed by atoms with Crippen molar-refractivity contribution in [2.45, 2.75) is 6.92 Å². The average Bonchev–Trinajstić information content (AvgIpc) is 2.17. The Morgan fingerprint density at radius 2 is 2.00 bits per heavy atom. The molecule has 1 N–H and O–H groups in total. The van der Waals surface area contributed by atoms with Crippen molar-refractivity contribution in [3.05, 3.63) is 41.4 Å². The lowest BCUT2D eigenvalue weighted by Gasteiger charge is -2.07. The summed E-state index contributed by atoms with van der Waals surface area (Å²) in [5.41, 5.74) is 0.995. The number of thioether (sulfide) groups is 1. The fourth-order valence-electron chi connectivity index (χ4n) is 0.994. The van der Waals surface area contributed by atoms with E-state index in [2.05, 4.69) is 5.32 Å². The molecule has 0 saturated carbocycles. The van der Waals surface area contributed by atoms with Gasteiger partial charge in [-0.2, -0.15) is 0 Å². The summed E-state index contributed by atoms with van der Waals surface area (Å²) in [6, 6.07) is 9.79. The van der Waals surface area contributed by atoms with Crippen molar-refractivity contribution in [3.8, 4) is 0 Å². The van der Waals surface area contributed by atoms with Crippen LogP contribution < -0.4 is 5.32 Å². The highest BCUT2D eigenvalue weighted by atomic mass is 32.2. The smallest absolute Gasteiger partial charge is 0.155 e. The lowest BCUT2D eigenvalue weighted by Crippen LogP contribution is -1.97. The van der Waals surface area contributed by atoms with E-state index in [1.807, 2.05) is 36.6 Å². The minimum absolute atomic E-state index is 0.0535. The summed E-state index contributed by atoms with van der Waals surface area (Å²) >= 11 is 1.52. The highest BCUT2D eigenvalue weighted by molar-refractivity contribution is 8.02. The molecule has 0 unspecified atom stereocenters. The summed E-state index contributed by atoms with van der Waals surface area (Å²) < 4.78 is 0. The normalized spacial score (nSPS) is 11.1. The molecule has 0 spiro atoms. The largest absolute Gasteiger partial charge is 0.350 e. The Balaban J connectivity index is 2.71. The molecule has 0 saturated heterocycles. The quantitative estimate of drug-likeness (QED) is 0.770. The molecule has 74 valence electrons. The molecule has 1 aromatic carbocycles. The van der Waals surface area contributed by atoms with Gasteiger partial charge >= 0.3 is 0 Å². The number of carbonyl (C=O) groups is 1. The molecular weight excluding hydrogens is 194 g/mol. The van der Waals surface area contributed by atoms with Crippen molar-refractivity contribution in [2.24, 2.45) is 0 Å². The van der Waals surface area contributed by atoms with Gasteiger partial charge in [-0.25, -0.2) is 0 Å². The molecule has 0 aliphatic rings. The summed E-state index contributed by atoms with van der Waals surface area (Å²) in [5, 5.41) is 4.03. The van der Waals surface area contributed by atoms with Gasteiger partial charge in [-0.15, -0.1) is 11.8 Å². The van der Waals surface area contributed by atoms with Crippen molar-refractivity contribution in [2.75, 3.05) is 11.6 Å². The third-order valence-corrected chi connectivity index (χ3v) is 2.26. The third-order valence-electron chi connectivity index (χ3n) is 1.60. The number of benzene rings is 1. The Morgan fingerprint density at radius 3 is 2.50 bits per heavy atom. The first-order chi connectivity index (χ1) is 6.72. The Hall–Kier alpha value is -1.22. The molecule has 0 amide bonds. The number of para-hydroxylation sites is 1. The predicted octanol–water partition coefficient (Wildman–Crippen LogP) is 2.89. The van der Waals surface area contributed by atoms with Gasteiger partial charge in [-0.1, -0.05) is 18.2 Å². The molecule has 0 aliphatic heterocycles. The van der Waals surface area contributed by atoms with Gasteiger partial charge in [0.05, 0.1) is 5.03 Å². The van der Waals surface area contributed by atoms with Crippen molar-refractivity contribution in [3.63, 3.8) is 0 Å². The zero-order valence-corrected chi connectivity index (χ0v) is 9.10. The summed E-state index contributed by atoms with van der Waals surface area (Å²) in [5.74, 6) is 0.0535. The van der Waals surface area contributed by atoms with E-state index in [0.29, 0.717) is 0 Å². The van der Waals surface area contributed by atoms with E-state index in [-0.39, 0.29) is 5.78 Å². The van der Waals surface area contributed by atoms with E-state index in [9.17, 15) is 4.79 Å². The van der Waals surface area contributed by atoms with E-state index < -0.39 is 0 Å². The SMILES string of the molecule is CS/C(=C\C(C)=O)Nc1ccccc1. The van der Waals surface area contributed by atoms with Crippen molar-refractivity contribution in [1.29, 1.82) is 0 Å². The highest BCUT2D eigenvalue weighted by Crippen LogP contribution is 2.16. The molecule has 0 aromatic heterocycles. The van der Waals surface area contributed by atoms with Crippen molar-refractivity contribution < 1.29 is 4.79 Å². The van der Waals surface area contributed by atoms with Crippen LogP contribution in [-0.2, 0) is 4.79 Å². The van der Waals surface area contributed by atoms with Crippen molar-refractivity contribution >= 4 is 23.2 Å². The Labute approximate surface area is 88.4 Å². The maximum Gasteiger partial charge on any atom is 0.155 e. The van der Waals surface area contributed by atoms with Gasteiger partial charge in [0.2, 0.25) is 0 Å². The summed E-state index contributed by atoms with van der Waals surface area (Å²) in [6.45, 7) is 1.54. The summed E-state index contributed by atoms with van der Waals surface area (Å²) in [7, 11) is 0. The number of hydrogen-bond donors (Lipinski definition) is 1. The Kier molecular flexibility index (Phi) is 4.26. The number of allylic oxidation sites excluding steroid dienone is 1. The number of carbonyl (C=O) groups excluding carboxylic acids is 1. The van der Waals surface area contributed by atoms with Crippen LogP contribution in [0.2, 0.25) is 0 Å². The van der Waals surface area contributed by atoms with Gasteiger partial charge in [-0.3, -0.25) is 4.79 Å². The van der Waals surface area contributed by atoms with E-state index in [0.717, 1.165) is 10.7 Å². The second-order valence-electron chi connectivity index (χ2n) is 2.81. The molecular formula is C11H13NOS. The zero-order valence-electron chi connectivity index (χ0n) is 8.28. The van der Waals surface area contributed by atoms with E-state index in [1.54, 1.807) is 13.0 Å². The van der Waals surface area contributed by atoms with Crippen LogP contribution in [0.15, 0.2) is 41.4 Å². The van der Waals surface area contributed by atoms with E-state index in [4.69, 9.17) is 0 Å². The first kappa shape index (κ1) is 10.9. The van der Waals surface area contributed by atoms with Crippen LogP contribution in [0.1, 0.15) is 6.92 Å². The number of hydrogen-bond acceptors (Lipinski definition) is 3. The standard InChI is InChI=1S/C11H13NOS/c1-9(13)8-11(14-2)12-10-6-4-3-5-7-10/h3-8,12H,1-2H3/b11-8-. The summed E-state index contributed by atoms with van der Waals surface area (Å²) in [4.78, 5) is 10.9. The van der Waals surface area contributed by atoms with Gasteiger partial charge in [0.1, 0.15) is 0 Å². The fourth-order valence-corrected chi connectivity index (χ4v) is 1.50. The third kappa shape index (κ3) is 3.66. The lowest BCUT2D eigenvalue weighted by atomic mass is 10.3. The highest BCUT2D eigenvalue weighted by Gasteiger charge is 1.97. The average molecular weight is 207 g/mol. The van der Waals surface area contributed by atoms with Gasteiger partial charge in [0, 0.05) is 11.8 Å². The minimum Gasteiger partial charge on any atom is -0.350 e. The maximum atomic E-state index is 10.9. The van der Waals surface area contributed by atoms with Crippen LogP contribution in [0.4, 0.5) is 5.69 Å². The van der Waals surface area contributed by atoms with Crippen LogP contribution in [0.3, 0.4) is 0 Å². The minimum atomic E-state index is 0.0535. The first-order valence-corrected chi connectivity index (χ1v) is 5.53. The molecule has 3 heteroatoms. The number of rotatable bonds is 4. The predicted molar refractivity (Wildman–Crippen MR) is 62.3 cm³/mol. The molecule has 14 heavy (non-hydrogen) atoms. The molecule has 0 radical (unpaired) electrons. The lowest BCUT2D eigenvalue weighted by molar-refractivity contribution is -0.112. The molecule has 0 fully saturated rings. The topological polar surface area (TPSA) is 29.1 Å². The fraction of sp³-hybridized carbons (Fsp3) is 0.182. The van der Waals surface area contributed by atoms with Gasteiger partial charge in [-0.05, 0) is 25.3 Å². The number of nitrogens with one attached hydrogen (secondary N) is 1. The van der Waals surface area contributed by atoms with Crippen LogP contribution in [-0.4, -0.2) is 12.0 Å². The van der Waals surface area contributed by atoms with Crippen LogP contribution in [0, 0.1) is 0 Å². The second-order valence-corrected chi connectivity index (χ2v) is 3.66. The monoisotopic (exact) mass is 207 g/mol. The molecule has 0 heterocycles.